The summed E-state index contributed by atoms with van der Waals surface area (Å²) < 4.78 is 7.50. The highest BCUT2D eigenvalue weighted by molar-refractivity contribution is 5.92. The molecule has 136 valence electrons. The van der Waals surface area contributed by atoms with Gasteiger partial charge in [-0.25, -0.2) is 0 Å². The number of likely N-dealkylation sites (tertiary alicyclic amines) is 1. The molecule has 6 heteroatoms. The lowest BCUT2D eigenvalue weighted by Gasteiger charge is -2.37. The molecule has 2 N–H and O–H groups in total. The molecule has 24 heavy (non-hydrogen) atoms. The van der Waals surface area contributed by atoms with Crippen molar-refractivity contribution in [1.82, 2.24) is 14.8 Å². The van der Waals surface area contributed by atoms with Crippen LogP contribution in [-0.4, -0.2) is 59.4 Å². The Bertz CT molecular complexity index is 542. The van der Waals surface area contributed by atoms with E-state index in [9.17, 15) is 9.90 Å². The third kappa shape index (κ3) is 4.59. The second-order valence-electron chi connectivity index (χ2n) is 6.82. The highest BCUT2D eigenvalue weighted by Crippen LogP contribution is 2.31. The fourth-order valence-corrected chi connectivity index (χ4v) is 3.39. The van der Waals surface area contributed by atoms with Gasteiger partial charge in [-0.05, 0) is 45.4 Å². The standard InChI is InChI=1S/C18H31N3O3/c1-13(2)24-12-14(22)11-21-10-6-5-7-16(21)15-8-9-17(20(15)4)18(23)19-3/h8-9,13-14,16,22H,5-7,10-12H2,1-4H3,(H,19,23)/t14-,16+/m1/s1. The van der Waals surface area contributed by atoms with Crippen molar-refractivity contribution in [3.05, 3.63) is 23.5 Å². The Hall–Kier alpha value is -1.37. The average molecular weight is 337 g/mol. The van der Waals surface area contributed by atoms with Gasteiger partial charge < -0.3 is 19.7 Å². The van der Waals surface area contributed by atoms with E-state index < -0.39 is 6.10 Å². The minimum atomic E-state index is -0.494. The molecule has 6 nitrogen and oxygen atoms in total. The number of aliphatic hydroxyl groups is 1. The van der Waals surface area contributed by atoms with Crippen LogP contribution in [0.4, 0.5) is 0 Å². The first-order chi connectivity index (χ1) is 11.4. The Morgan fingerprint density at radius 1 is 1.42 bits per heavy atom. The van der Waals surface area contributed by atoms with E-state index in [1.54, 1.807) is 7.05 Å². The number of hydrogen-bond donors (Lipinski definition) is 2. The van der Waals surface area contributed by atoms with Gasteiger partial charge in [-0.2, -0.15) is 0 Å². The summed E-state index contributed by atoms with van der Waals surface area (Å²) in [6.07, 6.45) is 2.98. The van der Waals surface area contributed by atoms with Gasteiger partial charge in [0.2, 0.25) is 0 Å². The first-order valence-electron chi connectivity index (χ1n) is 8.85. The van der Waals surface area contributed by atoms with Gasteiger partial charge in [-0.3, -0.25) is 9.69 Å². The molecule has 0 aromatic carbocycles. The van der Waals surface area contributed by atoms with E-state index >= 15 is 0 Å². The van der Waals surface area contributed by atoms with Gasteiger partial charge in [0.25, 0.3) is 5.91 Å². The van der Waals surface area contributed by atoms with Gasteiger partial charge in [-0.15, -0.1) is 0 Å². The molecule has 1 aliphatic heterocycles. The molecule has 1 saturated heterocycles. The lowest BCUT2D eigenvalue weighted by molar-refractivity contribution is -0.0193. The van der Waals surface area contributed by atoms with Crippen LogP contribution >= 0.6 is 0 Å². The average Bonchev–Trinajstić information content (AvgIpc) is 2.94. The number of aromatic nitrogens is 1. The van der Waals surface area contributed by atoms with Crippen LogP contribution in [0.25, 0.3) is 0 Å². The van der Waals surface area contributed by atoms with E-state index in [-0.39, 0.29) is 18.1 Å². The largest absolute Gasteiger partial charge is 0.389 e. The van der Waals surface area contributed by atoms with Crippen LogP contribution in [-0.2, 0) is 11.8 Å². The summed E-state index contributed by atoms with van der Waals surface area (Å²) in [5, 5.41) is 13.0. The number of piperidine rings is 1. The van der Waals surface area contributed by atoms with Gasteiger partial charge in [0.1, 0.15) is 5.69 Å². The molecule has 1 aromatic heterocycles. The molecule has 0 unspecified atom stereocenters. The van der Waals surface area contributed by atoms with Crippen molar-refractivity contribution >= 4 is 5.91 Å². The smallest absolute Gasteiger partial charge is 0.267 e. The van der Waals surface area contributed by atoms with Gasteiger partial charge in [0.05, 0.1) is 24.9 Å². The van der Waals surface area contributed by atoms with Crippen molar-refractivity contribution in [2.45, 2.75) is 51.4 Å². The second kappa shape index (κ2) is 8.65. The maximum Gasteiger partial charge on any atom is 0.267 e. The molecular formula is C18H31N3O3. The molecule has 1 amide bonds. The fourth-order valence-electron chi connectivity index (χ4n) is 3.39. The maximum atomic E-state index is 11.9. The summed E-state index contributed by atoms with van der Waals surface area (Å²) in [5.41, 5.74) is 1.80. The van der Waals surface area contributed by atoms with E-state index in [2.05, 4.69) is 10.2 Å². The van der Waals surface area contributed by atoms with E-state index in [4.69, 9.17) is 4.74 Å². The summed E-state index contributed by atoms with van der Waals surface area (Å²) >= 11 is 0. The normalized spacial score (nSPS) is 20.3. The van der Waals surface area contributed by atoms with Crippen LogP contribution in [0.2, 0.25) is 0 Å². The summed E-state index contributed by atoms with van der Waals surface area (Å²) in [7, 11) is 3.58. The lowest BCUT2D eigenvalue weighted by atomic mass is 9.99. The van der Waals surface area contributed by atoms with Crippen LogP contribution in [0.5, 0.6) is 0 Å². The Balaban J connectivity index is 2.09. The number of ether oxygens (including phenoxy) is 1. The van der Waals surface area contributed by atoms with Gasteiger partial charge in [-0.1, -0.05) is 6.42 Å². The number of carbonyl (C=O) groups is 1. The first kappa shape index (κ1) is 19.0. The quantitative estimate of drug-likeness (QED) is 0.795. The molecular weight excluding hydrogens is 306 g/mol. The Morgan fingerprint density at radius 2 is 2.17 bits per heavy atom. The van der Waals surface area contributed by atoms with E-state index in [1.807, 2.05) is 37.6 Å². The van der Waals surface area contributed by atoms with Crippen molar-refractivity contribution in [3.63, 3.8) is 0 Å². The number of nitrogens with zero attached hydrogens (tertiary/aromatic N) is 2. The lowest BCUT2D eigenvalue weighted by Crippen LogP contribution is -2.41. The summed E-state index contributed by atoms with van der Waals surface area (Å²) in [5.74, 6) is -0.0727. The number of hydrogen-bond acceptors (Lipinski definition) is 4. The van der Waals surface area contributed by atoms with Gasteiger partial charge >= 0.3 is 0 Å². The first-order valence-corrected chi connectivity index (χ1v) is 8.85. The molecule has 0 bridgehead atoms. The number of nitrogens with one attached hydrogen (secondary N) is 1. The number of amides is 1. The Labute approximate surface area is 144 Å². The van der Waals surface area contributed by atoms with Crippen LogP contribution in [0.3, 0.4) is 0 Å². The summed E-state index contributed by atoms with van der Waals surface area (Å²) in [4.78, 5) is 14.3. The highest BCUT2D eigenvalue weighted by atomic mass is 16.5. The molecule has 0 spiro atoms. The molecule has 1 aromatic rings. The van der Waals surface area contributed by atoms with Crippen molar-refractivity contribution in [1.29, 1.82) is 0 Å². The third-order valence-electron chi connectivity index (χ3n) is 4.64. The molecule has 1 fully saturated rings. The third-order valence-corrected chi connectivity index (χ3v) is 4.64. The fraction of sp³-hybridized carbons (Fsp3) is 0.722. The molecule has 2 rings (SSSR count). The molecule has 2 heterocycles. The SMILES string of the molecule is CNC(=O)c1ccc([C@@H]2CCCCN2C[C@@H](O)COC(C)C)n1C. The molecule has 1 aliphatic rings. The number of β-amino-alcohol motifs (C(OH)–C–C–N with tert-alkyl or cyclic N) is 1. The predicted molar refractivity (Wildman–Crippen MR) is 94.1 cm³/mol. The zero-order chi connectivity index (χ0) is 17.7. The topological polar surface area (TPSA) is 66.7 Å². The number of rotatable bonds is 7. The number of aliphatic hydroxyl groups excluding tert-OH is 1. The minimum absolute atomic E-state index is 0.0727. The van der Waals surface area contributed by atoms with Crippen molar-refractivity contribution < 1.29 is 14.6 Å². The summed E-state index contributed by atoms with van der Waals surface area (Å²) in [6, 6.07) is 4.14. The monoisotopic (exact) mass is 337 g/mol. The number of carbonyl (C=O) groups excluding carboxylic acids is 1. The van der Waals surface area contributed by atoms with Crippen LogP contribution < -0.4 is 5.32 Å². The predicted octanol–water partition coefficient (Wildman–Crippen LogP) is 1.70. The zero-order valence-electron chi connectivity index (χ0n) is 15.3. The van der Waals surface area contributed by atoms with Crippen LogP contribution in [0.15, 0.2) is 12.1 Å². The maximum absolute atomic E-state index is 11.9. The zero-order valence-corrected chi connectivity index (χ0v) is 15.3. The van der Waals surface area contributed by atoms with Crippen LogP contribution in [0, 0.1) is 0 Å². The minimum Gasteiger partial charge on any atom is -0.389 e. The van der Waals surface area contributed by atoms with Crippen molar-refractivity contribution in [2.75, 3.05) is 26.7 Å². The molecule has 2 atom stereocenters. The highest BCUT2D eigenvalue weighted by Gasteiger charge is 2.28. The van der Waals surface area contributed by atoms with Crippen LogP contribution in [0.1, 0.15) is 55.3 Å². The van der Waals surface area contributed by atoms with Gasteiger partial charge in [0.15, 0.2) is 0 Å². The van der Waals surface area contributed by atoms with Gasteiger partial charge in [0, 0.05) is 26.3 Å². The van der Waals surface area contributed by atoms with E-state index in [0.717, 1.165) is 25.1 Å². The molecule has 0 aliphatic carbocycles. The Kier molecular flexibility index (Phi) is 6.83. The van der Waals surface area contributed by atoms with E-state index in [0.29, 0.717) is 18.8 Å². The molecule has 0 saturated carbocycles. The van der Waals surface area contributed by atoms with Crippen molar-refractivity contribution in [3.8, 4) is 0 Å². The summed E-state index contributed by atoms with van der Waals surface area (Å²) in [6.45, 7) is 5.86. The molecule has 0 radical (unpaired) electrons. The second-order valence-corrected chi connectivity index (χ2v) is 6.82. The van der Waals surface area contributed by atoms with Crippen molar-refractivity contribution in [2.24, 2.45) is 7.05 Å². The Morgan fingerprint density at radius 3 is 2.83 bits per heavy atom. The van der Waals surface area contributed by atoms with E-state index in [1.165, 1.54) is 6.42 Å².